The Morgan fingerprint density at radius 3 is 2.44 bits per heavy atom. The molecule has 1 aromatic rings. The molecule has 18 heavy (non-hydrogen) atoms. The average molecular weight is 267 g/mol. The Bertz CT molecular complexity index is 533. The van der Waals surface area contributed by atoms with Crippen LogP contribution in [0.1, 0.15) is 24.0 Å². The van der Waals surface area contributed by atoms with Gasteiger partial charge in [-0.15, -0.1) is 0 Å². The molecule has 1 saturated carbocycles. The lowest BCUT2D eigenvalue weighted by Gasteiger charge is -2.06. The normalized spacial score (nSPS) is 15.6. The van der Waals surface area contributed by atoms with Crippen LogP contribution in [-0.4, -0.2) is 20.0 Å². The van der Waals surface area contributed by atoms with Crippen LogP contribution in [-0.2, 0) is 16.6 Å². The van der Waals surface area contributed by atoms with E-state index >= 15 is 0 Å². The van der Waals surface area contributed by atoms with Crippen molar-refractivity contribution in [3.8, 4) is 0 Å². The minimum Gasteiger partial charge on any atom is -0.384 e. The molecule has 0 atom stereocenters. The molecule has 2 rings (SSSR count). The van der Waals surface area contributed by atoms with Crippen LogP contribution in [0.4, 0.5) is 0 Å². The van der Waals surface area contributed by atoms with Crippen molar-refractivity contribution in [3.63, 3.8) is 0 Å². The lowest BCUT2D eigenvalue weighted by Crippen LogP contribution is -2.26. The van der Waals surface area contributed by atoms with Gasteiger partial charge in [-0.2, -0.15) is 0 Å². The van der Waals surface area contributed by atoms with E-state index in [0.717, 1.165) is 18.4 Å². The fourth-order valence-corrected chi connectivity index (χ4v) is 3.11. The standard InChI is InChI=1S/C12H17N3O2S/c13-12(14)11-5-3-9(4-6-11)7-15-18(16,17)8-10-1-2-10/h3-6,10,15H,1-2,7-8H2,(H3,13,14). The van der Waals surface area contributed by atoms with E-state index in [9.17, 15) is 8.42 Å². The molecule has 0 spiro atoms. The van der Waals surface area contributed by atoms with E-state index in [2.05, 4.69) is 4.72 Å². The summed E-state index contributed by atoms with van der Waals surface area (Å²) in [6.45, 7) is 0.285. The number of amidine groups is 1. The highest BCUT2D eigenvalue weighted by atomic mass is 32.2. The maximum Gasteiger partial charge on any atom is 0.212 e. The zero-order valence-corrected chi connectivity index (χ0v) is 10.8. The Kier molecular flexibility index (Phi) is 3.68. The number of nitrogens with one attached hydrogen (secondary N) is 2. The van der Waals surface area contributed by atoms with Crippen LogP contribution >= 0.6 is 0 Å². The molecule has 0 unspecified atom stereocenters. The molecule has 0 radical (unpaired) electrons. The maximum absolute atomic E-state index is 11.7. The number of nitrogen functional groups attached to an aromatic ring is 1. The molecule has 6 heteroatoms. The van der Waals surface area contributed by atoms with Gasteiger partial charge < -0.3 is 5.73 Å². The minimum absolute atomic E-state index is 0.0101. The first-order chi connectivity index (χ1) is 8.46. The first-order valence-electron chi connectivity index (χ1n) is 5.87. The molecule has 0 amide bonds. The Morgan fingerprint density at radius 2 is 1.94 bits per heavy atom. The second kappa shape index (κ2) is 5.07. The Morgan fingerprint density at radius 1 is 1.33 bits per heavy atom. The molecule has 1 aromatic carbocycles. The van der Waals surface area contributed by atoms with Gasteiger partial charge in [0.05, 0.1) is 5.75 Å². The number of rotatable bonds is 6. The molecular weight excluding hydrogens is 250 g/mol. The summed E-state index contributed by atoms with van der Waals surface area (Å²) in [5.74, 6) is 0.594. The van der Waals surface area contributed by atoms with E-state index in [0.29, 0.717) is 11.5 Å². The molecule has 0 heterocycles. The topological polar surface area (TPSA) is 96.0 Å². The smallest absolute Gasteiger partial charge is 0.212 e. The number of nitrogens with two attached hydrogens (primary N) is 1. The van der Waals surface area contributed by atoms with E-state index in [4.69, 9.17) is 11.1 Å². The number of sulfonamides is 1. The average Bonchev–Trinajstić information content (AvgIpc) is 3.10. The molecule has 1 fully saturated rings. The van der Waals surface area contributed by atoms with Crippen molar-refractivity contribution >= 4 is 15.9 Å². The van der Waals surface area contributed by atoms with Crippen LogP contribution in [0.5, 0.6) is 0 Å². The highest BCUT2D eigenvalue weighted by Crippen LogP contribution is 2.29. The van der Waals surface area contributed by atoms with Gasteiger partial charge in [0.15, 0.2) is 0 Å². The number of hydrogen-bond donors (Lipinski definition) is 3. The largest absolute Gasteiger partial charge is 0.384 e. The highest BCUT2D eigenvalue weighted by Gasteiger charge is 2.27. The lowest BCUT2D eigenvalue weighted by atomic mass is 10.1. The molecule has 4 N–H and O–H groups in total. The van der Waals surface area contributed by atoms with Crippen LogP contribution in [0, 0.1) is 11.3 Å². The molecule has 1 aliphatic carbocycles. The van der Waals surface area contributed by atoms with Crippen molar-refractivity contribution in [1.82, 2.24) is 4.72 Å². The lowest BCUT2D eigenvalue weighted by molar-refractivity contribution is 0.577. The van der Waals surface area contributed by atoms with E-state index in [1.807, 2.05) is 0 Å². The second-order valence-corrected chi connectivity index (χ2v) is 6.51. The summed E-state index contributed by atoms with van der Waals surface area (Å²) in [7, 11) is -3.16. The zero-order valence-electron chi connectivity index (χ0n) is 10.0. The summed E-state index contributed by atoms with van der Waals surface area (Å²) in [6, 6.07) is 6.98. The van der Waals surface area contributed by atoms with Crippen LogP contribution in [0.2, 0.25) is 0 Å². The summed E-state index contributed by atoms with van der Waals surface area (Å²) in [4.78, 5) is 0. The van der Waals surface area contributed by atoms with E-state index in [1.165, 1.54) is 0 Å². The maximum atomic E-state index is 11.7. The van der Waals surface area contributed by atoms with Gasteiger partial charge in [0.2, 0.25) is 10.0 Å². The van der Waals surface area contributed by atoms with Gasteiger partial charge in [-0.05, 0) is 24.3 Å². The fourth-order valence-electron chi connectivity index (χ4n) is 1.65. The van der Waals surface area contributed by atoms with Crippen molar-refractivity contribution in [2.75, 3.05) is 5.75 Å². The molecule has 0 saturated heterocycles. The molecule has 5 nitrogen and oxygen atoms in total. The van der Waals surface area contributed by atoms with Gasteiger partial charge in [-0.25, -0.2) is 13.1 Å². The third-order valence-corrected chi connectivity index (χ3v) is 4.41. The van der Waals surface area contributed by atoms with Crippen LogP contribution in [0.15, 0.2) is 24.3 Å². The van der Waals surface area contributed by atoms with Gasteiger partial charge in [0.25, 0.3) is 0 Å². The Hall–Kier alpha value is -1.40. The fraction of sp³-hybridized carbons (Fsp3) is 0.417. The van der Waals surface area contributed by atoms with E-state index in [1.54, 1.807) is 24.3 Å². The molecule has 98 valence electrons. The van der Waals surface area contributed by atoms with E-state index in [-0.39, 0.29) is 18.1 Å². The number of hydrogen-bond acceptors (Lipinski definition) is 3. The Balaban J connectivity index is 1.91. The van der Waals surface area contributed by atoms with Gasteiger partial charge in [-0.1, -0.05) is 24.3 Å². The van der Waals surface area contributed by atoms with Crippen molar-refractivity contribution < 1.29 is 8.42 Å². The number of benzene rings is 1. The van der Waals surface area contributed by atoms with Crippen LogP contribution in [0.25, 0.3) is 0 Å². The van der Waals surface area contributed by atoms with Crippen LogP contribution < -0.4 is 10.5 Å². The van der Waals surface area contributed by atoms with Crippen LogP contribution in [0.3, 0.4) is 0 Å². The predicted molar refractivity (Wildman–Crippen MR) is 70.8 cm³/mol. The molecule has 0 bridgehead atoms. The molecule has 0 aliphatic heterocycles. The summed E-state index contributed by atoms with van der Waals surface area (Å²) >= 11 is 0. The van der Waals surface area contributed by atoms with Gasteiger partial charge >= 0.3 is 0 Å². The summed E-state index contributed by atoms with van der Waals surface area (Å²) in [6.07, 6.45) is 2.04. The highest BCUT2D eigenvalue weighted by molar-refractivity contribution is 7.89. The summed E-state index contributed by atoms with van der Waals surface area (Å²) in [5, 5.41) is 7.26. The molecule has 0 aromatic heterocycles. The van der Waals surface area contributed by atoms with Crippen molar-refractivity contribution in [2.24, 2.45) is 11.7 Å². The van der Waals surface area contributed by atoms with Crippen molar-refractivity contribution in [2.45, 2.75) is 19.4 Å². The third-order valence-electron chi connectivity index (χ3n) is 2.91. The predicted octanol–water partition coefficient (Wildman–Crippen LogP) is 0.800. The second-order valence-electron chi connectivity index (χ2n) is 4.66. The summed E-state index contributed by atoms with van der Waals surface area (Å²) < 4.78 is 25.9. The minimum atomic E-state index is -3.16. The van der Waals surface area contributed by atoms with Gasteiger partial charge in [-0.3, -0.25) is 5.41 Å². The monoisotopic (exact) mass is 267 g/mol. The van der Waals surface area contributed by atoms with Crippen molar-refractivity contribution in [3.05, 3.63) is 35.4 Å². The third kappa shape index (κ3) is 3.82. The van der Waals surface area contributed by atoms with Crippen molar-refractivity contribution in [1.29, 1.82) is 5.41 Å². The molecular formula is C12H17N3O2S. The first kappa shape index (κ1) is 13.0. The quantitative estimate of drug-likeness (QED) is 0.525. The summed E-state index contributed by atoms with van der Waals surface area (Å²) in [5.41, 5.74) is 6.84. The van der Waals surface area contributed by atoms with Gasteiger partial charge in [0, 0.05) is 12.1 Å². The first-order valence-corrected chi connectivity index (χ1v) is 7.52. The zero-order chi connectivity index (χ0) is 13.2. The molecule has 1 aliphatic rings. The van der Waals surface area contributed by atoms with Gasteiger partial charge in [0.1, 0.15) is 5.84 Å². The Labute approximate surface area is 107 Å². The van der Waals surface area contributed by atoms with E-state index < -0.39 is 10.0 Å². The SMILES string of the molecule is N=C(N)c1ccc(CNS(=O)(=O)CC2CC2)cc1.